The van der Waals surface area contributed by atoms with Crippen molar-refractivity contribution < 1.29 is 9.15 Å². The fourth-order valence-corrected chi connectivity index (χ4v) is 1.68. The van der Waals surface area contributed by atoms with Crippen LogP contribution in [-0.2, 0) is 4.74 Å². The van der Waals surface area contributed by atoms with Crippen molar-refractivity contribution in [2.45, 2.75) is 39.3 Å². The Morgan fingerprint density at radius 1 is 1.44 bits per heavy atom. The molecule has 0 aliphatic rings. The molecule has 92 valence electrons. The maximum atomic E-state index is 5.63. The standard InChI is InChI=1S/C12H20BrNO2/c1-4-7-14-10(8-15-9(2)3)11-5-6-12(13)16-11/h5-6,9-10,14H,4,7-8H2,1-3H3. The summed E-state index contributed by atoms with van der Waals surface area (Å²) in [7, 11) is 0. The third-order valence-electron chi connectivity index (χ3n) is 2.17. The van der Waals surface area contributed by atoms with E-state index in [4.69, 9.17) is 9.15 Å². The van der Waals surface area contributed by atoms with E-state index in [9.17, 15) is 0 Å². The van der Waals surface area contributed by atoms with Gasteiger partial charge in [0.1, 0.15) is 5.76 Å². The van der Waals surface area contributed by atoms with Gasteiger partial charge in [-0.1, -0.05) is 6.92 Å². The summed E-state index contributed by atoms with van der Waals surface area (Å²) in [5.74, 6) is 0.918. The number of nitrogens with one attached hydrogen (secondary N) is 1. The quantitative estimate of drug-likeness (QED) is 0.834. The van der Waals surface area contributed by atoms with Crippen molar-refractivity contribution in [1.29, 1.82) is 0 Å². The molecule has 4 heteroatoms. The number of hydrogen-bond donors (Lipinski definition) is 1. The molecule has 1 N–H and O–H groups in total. The van der Waals surface area contributed by atoms with E-state index >= 15 is 0 Å². The van der Waals surface area contributed by atoms with Gasteiger partial charge in [-0.2, -0.15) is 0 Å². The molecule has 0 amide bonds. The van der Waals surface area contributed by atoms with Gasteiger partial charge in [-0.25, -0.2) is 0 Å². The fraction of sp³-hybridized carbons (Fsp3) is 0.667. The van der Waals surface area contributed by atoms with Gasteiger partial charge in [0.2, 0.25) is 0 Å². The first-order valence-electron chi connectivity index (χ1n) is 5.73. The Hall–Kier alpha value is -0.320. The molecule has 0 aromatic carbocycles. The molecule has 1 unspecified atom stereocenters. The second-order valence-corrected chi connectivity index (χ2v) is 4.81. The van der Waals surface area contributed by atoms with Gasteiger partial charge in [0.25, 0.3) is 0 Å². The topological polar surface area (TPSA) is 34.4 Å². The van der Waals surface area contributed by atoms with Crippen molar-refractivity contribution in [2.24, 2.45) is 0 Å². The number of ether oxygens (including phenoxy) is 1. The molecular formula is C12H20BrNO2. The molecule has 1 aromatic heterocycles. The molecule has 0 radical (unpaired) electrons. The largest absolute Gasteiger partial charge is 0.453 e. The van der Waals surface area contributed by atoms with Gasteiger partial charge in [-0.15, -0.1) is 0 Å². The van der Waals surface area contributed by atoms with Crippen LogP contribution >= 0.6 is 15.9 Å². The van der Waals surface area contributed by atoms with E-state index in [1.165, 1.54) is 0 Å². The summed E-state index contributed by atoms with van der Waals surface area (Å²) in [6.07, 6.45) is 1.34. The van der Waals surface area contributed by atoms with Crippen LogP contribution in [0.1, 0.15) is 39.0 Å². The lowest BCUT2D eigenvalue weighted by atomic mass is 10.2. The average Bonchev–Trinajstić information content (AvgIpc) is 2.64. The van der Waals surface area contributed by atoms with Gasteiger partial charge in [0.05, 0.1) is 18.8 Å². The predicted molar refractivity (Wildman–Crippen MR) is 68.5 cm³/mol. The molecule has 3 nitrogen and oxygen atoms in total. The van der Waals surface area contributed by atoms with Crippen molar-refractivity contribution in [3.63, 3.8) is 0 Å². The fourth-order valence-electron chi connectivity index (χ4n) is 1.36. The van der Waals surface area contributed by atoms with Crippen molar-refractivity contribution in [3.8, 4) is 0 Å². The van der Waals surface area contributed by atoms with Crippen molar-refractivity contribution in [2.75, 3.05) is 13.2 Å². The van der Waals surface area contributed by atoms with Crippen LogP contribution < -0.4 is 5.32 Å². The minimum atomic E-state index is 0.133. The van der Waals surface area contributed by atoms with Crippen LogP contribution in [0.3, 0.4) is 0 Å². The Balaban J connectivity index is 2.55. The first-order valence-corrected chi connectivity index (χ1v) is 6.53. The third-order valence-corrected chi connectivity index (χ3v) is 2.60. The Kier molecular flexibility index (Phi) is 6.09. The number of furan rings is 1. The third kappa shape index (κ3) is 4.68. The summed E-state index contributed by atoms with van der Waals surface area (Å²) in [5, 5.41) is 3.41. The van der Waals surface area contributed by atoms with Crippen molar-refractivity contribution >= 4 is 15.9 Å². The maximum absolute atomic E-state index is 5.63. The van der Waals surface area contributed by atoms with Crippen LogP contribution in [0, 0.1) is 0 Å². The number of halogens is 1. The highest BCUT2D eigenvalue weighted by Crippen LogP contribution is 2.21. The van der Waals surface area contributed by atoms with Gasteiger partial charge in [0, 0.05) is 0 Å². The van der Waals surface area contributed by atoms with E-state index < -0.39 is 0 Å². The molecule has 1 aromatic rings. The van der Waals surface area contributed by atoms with E-state index in [1.54, 1.807) is 0 Å². The Morgan fingerprint density at radius 2 is 2.19 bits per heavy atom. The zero-order valence-corrected chi connectivity index (χ0v) is 11.7. The summed E-state index contributed by atoms with van der Waals surface area (Å²) in [4.78, 5) is 0. The zero-order valence-electron chi connectivity index (χ0n) is 10.1. The van der Waals surface area contributed by atoms with E-state index in [1.807, 2.05) is 26.0 Å². The van der Waals surface area contributed by atoms with Gasteiger partial charge in [-0.3, -0.25) is 0 Å². The molecule has 1 atom stereocenters. The normalized spacial score (nSPS) is 13.3. The molecule has 0 aliphatic heterocycles. The molecule has 0 spiro atoms. The summed E-state index contributed by atoms with van der Waals surface area (Å²) in [6.45, 7) is 7.82. The lowest BCUT2D eigenvalue weighted by Gasteiger charge is -2.17. The summed E-state index contributed by atoms with van der Waals surface area (Å²) < 4.78 is 11.9. The molecular weight excluding hydrogens is 270 g/mol. The van der Waals surface area contributed by atoms with Crippen LogP contribution in [0.4, 0.5) is 0 Å². The number of rotatable bonds is 7. The van der Waals surface area contributed by atoms with E-state index in [2.05, 4.69) is 28.2 Å². The Bertz CT molecular complexity index is 299. The van der Waals surface area contributed by atoms with Crippen LogP contribution in [0.5, 0.6) is 0 Å². The van der Waals surface area contributed by atoms with E-state index in [0.717, 1.165) is 23.4 Å². The predicted octanol–water partition coefficient (Wildman–Crippen LogP) is 3.51. The van der Waals surface area contributed by atoms with Gasteiger partial charge >= 0.3 is 0 Å². The van der Waals surface area contributed by atoms with Gasteiger partial charge in [-0.05, 0) is 54.9 Å². The summed E-state index contributed by atoms with van der Waals surface area (Å²) in [5.41, 5.74) is 0. The molecule has 0 saturated heterocycles. The Labute approximate surface area is 106 Å². The molecule has 1 heterocycles. The summed E-state index contributed by atoms with van der Waals surface area (Å²) in [6, 6.07) is 4.01. The highest BCUT2D eigenvalue weighted by atomic mass is 79.9. The maximum Gasteiger partial charge on any atom is 0.169 e. The molecule has 0 saturated carbocycles. The first-order chi connectivity index (χ1) is 7.63. The van der Waals surface area contributed by atoms with Crippen LogP contribution in [0.2, 0.25) is 0 Å². The van der Waals surface area contributed by atoms with Crippen molar-refractivity contribution in [3.05, 3.63) is 22.6 Å². The minimum absolute atomic E-state index is 0.133. The molecule has 0 aliphatic carbocycles. The summed E-state index contributed by atoms with van der Waals surface area (Å²) >= 11 is 3.31. The van der Waals surface area contributed by atoms with Gasteiger partial charge < -0.3 is 14.5 Å². The second kappa shape index (κ2) is 7.09. The highest BCUT2D eigenvalue weighted by molar-refractivity contribution is 9.10. The minimum Gasteiger partial charge on any atom is -0.453 e. The van der Waals surface area contributed by atoms with Crippen molar-refractivity contribution in [1.82, 2.24) is 5.32 Å². The molecule has 16 heavy (non-hydrogen) atoms. The molecule has 0 bridgehead atoms. The van der Waals surface area contributed by atoms with Gasteiger partial charge in [0.15, 0.2) is 4.67 Å². The van der Waals surface area contributed by atoms with Crippen LogP contribution in [0.25, 0.3) is 0 Å². The SMILES string of the molecule is CCCNC(COC(C)C)c1ccc(Br)o1. The monoisotopic (exact) mass is 289 g/mol. The highest BCUT2D eigenvalue weighted by Gasteiger charge is 2.15. The zero-order chi connectivity index (χ0) is 12.0. The van der Waals surface area contributed by atoms with Crippen LogP contribution in [0.15, 0.2) is 21.2 Å². The molecule has 0 fully saturated rings. The lowest BCUT2D eigenvalue weighted by molar-refractivity contribution is 0.0566. The van der Waals surface area contributed by atoms with Crippen LogP contribution in [-0.4, -0.2) is 19.3 Å². The average molecular weight is 290 g/mol. The lowest BCUT2D eigenvalue weighted by Crippen LogP contribution is -2.27. The van der Waals surface area contributed by atoms with E-state index in [-0.39, 0.29) is 12.1 Å². The Morgan fingerprint density at radius 3 is 2.69 bits per heavy atom. The molecule has 1 rings (SSSR count). The number of hydrogen-bond acceptors (Lipinski definition) is 3. The van der Waals surface area contributed by atoms with E-state index in [0.29, 0.717) is 6.61 Å². The second-order valence-electron chi connectivity index (χ2n) is 4.03. The first kappa shape index (κ1) is 13.7. The smallest absolute Gasteiger partial charge is 0.169 e.